The Balaban J connectivity index is 1.14. The molecule has 0 atom stereocenters. The third-order valence-electron chi connectivity index (χ3n) is 9.96. The molecule has 0 aliphatic heterocycles. The van der Waals surface area contributed by atoms with E-state index in [1.807, 2.05) is 0 Å². The molecular weight excluding hydrogens is 567 g/mol. The predicted molar refractivity (Wildman–Crippen MR) is 202 cm³/mol. The molecule has 0 radical (unpaired) electrons. The minimum Gasteiger partial charge on any atom is -0.309 e. The first kappa shape index (κ1) is 26.1. The van der Waals surface area contributed by atoms with Crippen LogP contribution < -0.4 is 0 Å². The van der Waals surface area contributed by atoms with Gasteiger partial charge in [0.15, 0.2) is 0 Å². The Bertz CT molecular complexity index is 2830. The lowest BCUT2D eigenvalue weighted by molar-refractivity contribution is 1.20. The molecule has 1 aromatic heterocycles. The van der Waals surface area contributed by atoms with Crippen LogP contribution in [0.5, 0.6) is 0 Å². The smallest absolute Gasteiger partial charge is 0.0546 e. The van der Waals surface area contributed by atoms with E-state index in [2.05, 4.69) is 180 Å². The Hall–Kier alpha value is -6.18. The summed E-state index contributed by atoms with van der Waals surface area (Å²) in [6.45, 7) is 0. The van der Waals surface area contributed by atoms with Crippen molar-refractivity contribution < 1.29 is 0 Å². The van der Waals surface area contributed by atoms with Crippen molar-refractivity contribution in [3.8, 4) is 27.9 Å². The molecule has 218 valence electrons. The first-order valence-electron chi connectivity index (χ1n) is 16.3. The van der Waals surface area contributed by atoms with Gasteiger partial charge in [-0.3, -0.25) is 0 Å². The summed E-state index contributed by atoms with van der Waals surface area (Å²) in [4.78, 5) is 0. The number of aromatic nitrogens is 1. The highest BCUT2D eigenvalue weighted by Crippen LogP contribution is 2.40. The van der Waals surface area contributed by atoms with E-state index in [-0.39, 0.29) is 0 Å². The van der Waals surface area contributed by atoms with Gasteiger partial charge in [0.2, 0.25) is 0 Å². The fraction of sp³-hybridized carbons (Fsp3) is 0. The van der Waals surface area contributed by atoms with Gasteiger partial charge in [0.25, 0.3) is 0 Å². The van der Waals surface area contributed by atoms with Crippen molar-refractivity contribution in [2.45, 2.75) is 0 Å². The third kappa shape index (κ3) is 3.97. The molecule has 0 spiro atoms. The fourth-order valence-electron chi connectivity index (χ4n) is 7.77. The highest BCUT2D eigenvalue weighted by molar-refractivity contribution is 6.16. The van der Waals surface area contributed by atoms with Gasteiger partial charge < -0.3 is 4.57 Å². The van der Waals surface area contributed by atoms with Crippen LogP contribution in [0.3, 0.4) is 0 Å². The van der Waals surface area contributed by atoms with E-state index in [1.54, 1.807) is 0 Å². The number of para-hydroxylation sites is 1. The second-order valence-electron chi connectivity index (χ2n) is 12.5. The van der Waals surface area contributed by atoms with Gasteiger partial charge in [-0.1, -0.05) is 146 Å². The molecule has 0 aliphatic rings. The normalized spacial score (nSPS) is 11.8. The molecular formula is C46H29N. The summed E-state index contributed by atoms with van der Waals surface area (Å²) in [5.74, 6) is 0. The van der Waals surface area contributed by atoms with Gasteiger partial charge in [0.05, 0.1) is 16.7 Å². The Morgan fingerprint density at radius 1 is 0.277 bits per heavy atom. The van der Waals surface area contributed by atoms with Crippen molar-refractivity contribution in [3.05, 3.63) is 176 Å². The number of hydrogen-bond donors (Lipinski definition) is 0. The van der Waals surface area contributed by atoms with E-state index in [0.29, 0.717) is 0 Å². The fourth-order valence-corrected chi connectivity index (χ4v) is 7.77. The summed E-state index contributed by atoms with van der Waals surface area (Å²) >= 11 is 0. The second kappa shape index (κ2) is 10.2. The van der Waals surface area contributed by atoms with Crippen LogP contribution in [0.1, 0.15) is 0 Å². The Labute approximate surface area is 272 Å². The summed E-state index contributed by atoms with van der Waals surface area (Å²) in [6, 6.07) is 64.5. The summed E-state index contributed by atoms with van der Waals surface area (Å²) in [5, 5.41) is 12.8. The quantitative estimate of drug-likeness (QED) is 0.179. The van der Waals surface area contributed by atoms with Gasteiger partial charge in [0, 0.05) is 16.2 Å². The van der Waals surface area contributed by atoms with Gasteiger partial charge >= 0.3 is 0 Å². The molecule has 0 N–H and O–H groups in total. The summed E-state index contributed by atoms with van der Waals surface area (Å²) in [5.41, 5.74) is 8.59. The van der Waals surface area contributed by atoms with Crippen molar-refractivity contribution in [1.29, 1.82) is 0 Å². The van der Waals surface area contributed by atoms with Gasteiger partial charge in [0.1, 0.15) is 0 Å². The van der Waals surface area contributed by atoms with E-state index >= 15 is 0 Å². The van der Waals surface area contributed by atoms with Crippen molar-refractivity contribution >= 4 is 64.9 Å². The zero-order chi connectivity index (χ0) is 30.9. The van der Waals surface area contributed by atoms with E-state index in [4.69, 9.17) is 0 Å². The first-order valence-corrected chi connectivity index (χ1v) is 16.3. The van der Waals surface area contributed by atoms with Gasteiger partial charge in [-0.15, -0.1) is 0 Å². The molecule has 10 aromatic rings. The van der Waals surface area contributed by atoms with E-state index < -0.39 is 0 Å². The van der Waals surface area contributed by atoms with Crippen molar-refractivity contribution in [3.63, 3.8) is 0 Å². The Kier molecular flexibility index (Phi) is 5.64. The van der Waals surface area contributed by atoms with Crippen molar-refractivity contribution in [1.82, 2.24) is 4.57 Å². The van der Waals surface area contributed by atoms with E-state index in [1.165, 1.54) is 92.8 Å². The molecule has 0 amide bonds. The molecule has 0 unspecified atom stereocenters. The lowest BCUT2D eigenvalue weighted by Crippen LogP contribution is -1.96. The van der Waals surface area contributed by atoms with Crippen LogP contribution in [0, 0.1) is 0 Å². The number of fused-ring (bicyclic) bond motifs is 9. The molecule has 0 aliphatic carbocycles. The highest BCUT2D eigenvalue weighted by atomic mass is 15.0. The Morgan fingerprint density at radius 3 is 1.49 bits per heavy atom. The Morgan fingerprint density at radius 2 is 0.766 bits per heavy atom. The predicted octanol–water partition coefficient (Wildman–Crippen LogP) is 12.7. The zero-order valence-corrected chi connectivity index (χ0v) is 25.7. The summed E-state index contributed by atoms with van der Waals surface area (Å²) in [7, 11) is 0. The van der Waals surface area contributed by atoms with Crippen LogP contribution in [-0.2, 0) is 0 Å². The van der Waals surface area contributed by atoms with Crippen LogP contribution in [0.15, 0.2) is 176 Å². The zero-order valence-electron chi connectivity index (χ0n) is 25.7. The van der Waals surface area contributed by atoms with Gasteiger partial charge in [-0.25, -0.2) is 0 Å². The topological polar surface area (TPSA) is 4.93 Å². The van der Waals surface area contributed by atoms with Crippen LogP contribution in [0.25, 0.3) is 92.8 Å². The number of hydrogen-bond acceptors (Lipinski definition) is 0. The molecule has 1 heterocycles. The third-order valence-corrected chi connectivity index (χ3v) is 9.96. The largest absolute Gasteiger partial charge is 0.309 e. The lowest BCUT2D eigenvalue weighted by atomic mass is 9.92. The average Bonchev–Trinajstić information content (AvgIpc) is 3.48. The lowest BCUT2D eigenvalue weighted by Gasteiger charge is -2.14. The van der Waals surface area contributed by atoms with Crippen LogP contribution in [0.4, 0.5) is 0 Å². The van der Waals surface area contributed by atoms with E-state index in [9.17, 15) is 0 Å². The average molecular weight is 596 g/mol. The maximum Gasteiger partial charge on any atom is 0.0546 e. The number of rotatable bonds is 3. The second-order valence-corrected chi connectivity index (χ2v) is 12.5. The molecule has 1 nitrogen and oxygen atoms in total. The van der Waals surface area contributed by atoms with Crippen LogP contribution in [-0.4, -0.2) is 4.57 Å². The van der Waals surface area contributed by atoms with Crippen molar-refractivity contribution in [2.75, 3.05) is 0 Å². The minimum atomic E-state index is 1.21. The molecule has 0 saturated heterocycles. The monoisotopic (exact) mass is 595 g/mol. The van der Waals surface area contributed by atoms with Gasteiger partial charge in [-0.05, 0) is 90.3 Å². The maximum absolute atomic E-state index is 2.46. The molecule has 0 fully saturated rings. The van der Waals surface area contributed by atoms with Crippen molar-refractivity contribution in [2.24, 2.45) is 0 Å². The molecule has 47 heavy (non-hydrogen) atoms. The molecule has 1 heteroatoms. The minimum absolute atomic E-state index is 1.21. The van der Waals surface area contributed by atoms with Gasteiger partial charge in [-0.2, -0.15) is 0 Å². The summed E-state index contributed by atoms with van der Waals surface area (Å²) < 4.78 is 2.46. The maximum atomic E-state index is 2.46. The first-order chi connectivity index (χ1) is 23.3. The molecule has 9 aromatic carbocycles. The van der Waals surface area contributed by atoms with Crippen LogP contribution >= 0.6 is 0 Å². The SMILES string of the molecule is c1ccc2c(c1)cc(-c1ccc(-c3ccc4c(c3)c3ccccc3n4-c3cc4ccccc4c4ccccc34)cc1)c1ccccc12. The highest BCUT2D eigenvalue weighted by Gasteiger charge is 2.16. The number of benzene rings is 9. The molecule has 0 saturated carbocycles. The molecule has 0 bridgehead atoms. The number of nitrogens with zero attached hydrogens (tertiary/aromatic N) is 1. The molecule has 10 rings (SSSR count). The standard InChI is InChI=1S/C46H29N/c1-3-13-35-33(11-1)28-42(39-17-6-5-15-37(35)39)31-23-21-30(22-24-31)32-25-26-45-43(27-32)41-19-9-10-20-44(41)47(45)46-29-34-12-2-4-14-36(34)38-16-7-8-18-40(38)46/h1-29H. The van der Waals surface area contributed by atoms with E-state index in [0.717, 1.165) is 0 Å². The summed E-state index contributed by atoms with van der Waals surface area (Å²) in [6.07, 6.45) is 0. The van der Waals surface area contributed by atoms with Crippen LogP contribution in [0.2, 0.25) is 0 Å².